The van der Waals surface area contributed by atoms with E-state index in [0.717, 1.165) is 5.56 Å². The van der Waals surface area contributed by atoms with E-state index >= 15 is 0 Å². The number of benzene rings is 2. The molecule has 0 spiro atoms. The van der Waals surface area contributed by atoms with Gasteiger partial charge < -0.3 is 35.4 Å². The number of aliphatic hydroxyl groups is 1. The molecule has 2 aromatic rings. The van der Waals surface area contributed by atoms with Gasteiger partial charge in [0.2, 0.25) is 0 Å². The van der Waals surface area contributed by atoms with E-state index in [1.54, 1.807) is 0 Å². The van der Waals surface area contributed by atoms with E-state index in [-0.39, 0.29) is 36.8 Å². The SMILES string of the molecule is CC(C)(Cc1ccc(OCCCC(=O)O)cc1)NC[C@H](O)c1cc(O)cc2c1OCC(=O)N2. The molecule has 0 saturated heterocycles. The van der Waals surface area contributed by atoms with E-state index in [9.17, 15) is 19.8 Å². The lowest BCUT2D eigenvalue weighted by atomic mass is 9.94. The van der Waals surface area contributed by atoms with Crippen LogP contribution in [0.1, 0.15) is 43.9 Å². The van der Waals surface area contributed by atoms with Crippen LogP contribution in [-0.2, 0) is 16.0 Å². The van der Waals surface area contributed by atoms with E-state index < -0.39 is 12.1 Å². The molecule has 1 atom stereocenters. The number of nitrogens with one attached hydrogen (secondary N) is 2. The fourth-order valence-electron chi connectivity index (χ4n) is 3.63. The number of hydrogen-bond donors (Lipinski definition) is 5. The average Bonchev–Trinajstić information content (AvgIpc) is 2.75. The van der Waals surface area contributed by atoms with Crippen molar-refractivity contribution < 1.29 is 34.4 Å². The zero-order valence-electron chi connectivity index (χ0n) is 18.8. The third-order valence-corrected chi connectivity index (χ3v) is 5.23. The predicted molar refractivity (Wildman–Crippen MR) is 122 cm³/mol. The van der Waals surface area contributed by atoms with Crippen LogP contribution in [0.25, 0.3) is 0 Å². The molecule has 9 heteroatoms. The molecule has 9 nitrogen and oxygen atoms in total. The molecule has 0 bridgehead atoms. The van der Waals surface area contributed by atoms with E-state index in [1.807, 2.05) is 38.1 Å². The van der Waals surface area contributed by atoms with Crippen LogP contribution >= 0.6 is 0 Å². The summed E-state index contributed by atoms with van der Waals surface area (Å²) in [4.78, 5) is 22.1. The van der Waals surface area contributed by atoms with E-state index in [4.69, 9.17) is 14.6 Å². The minimum absolute atomic E-state index is 0.0712. The first-order valence-electron chi connectivity index (χ1n) is 10.8. The van der Waals surface area contributed by atoms with Gasteiger partial charge in [-0.15, -0.1) is 0 Å². The summed E-state index contributed by atoms with van der Waals surface area (Å²) in [5.74, 6) is -0.177. The van der Waals surface area contributed by atoms with Crippen LogP contribution in [-0.4, -0.2) is 52.5 Å². The number of carbonyl (C=O) groups is 2. The standard InChI is InChI=1S/C24H30N2O7/c1-24(2,12-15-5-7-17(8-6-15)32-9-3-4-22(30)31)25-13-20(28)18-10-16(27)11-19-23(18)33-14-21(29)26-19/h5-8,10-11,20,25,27-28H,3-4,9,12-14H2,1-2H3,(H,26,29)(H,30,31)/t20-/m0/s1. The summed E-state index contributed by atoms with van der Waals surface area (Å²) >= 11 is 0. The van der Waals surface area contributed by atoms with Gasteiger partial charge >= 0.3 is 5.97 Å². The first kappa shape index (κ1) is 24.3. The summed E-state index contributed by atoms with van der Waals surface area (Å²) in [6, 6.07) is 10.4. The Kier molecular flexibility index (Phi) is 7.78. The fourth-order valence-corrected chi connectivity index (χ4v) is 3.63. The Hall–Kier alpha value is -3.30. The summed E-state index contributed by atoms with van der Waals surface area (Å²) in [5.41, 5.74) is 1.46. The Morgan fingerprint density at radius 2 is 2.00 bits per heavy atom. The van der Waals surface area contributed by atoms with Gasteiger partial charge in [-0.2, -0.15) is 0 Å². The summed E-state index contributed by atoms with van der Waals surface area (Å²) in [5, 5.41) is 35.4. The zero-order valence-corrected chi connectivity index (χ0v) is 18.8. The van der Waals surface area contributed by atoms with Crippen molar-refractivity contribution >= 4 is 17.6 Å². The smallest absolute Gasteiger partial charge is 0.303 e. The van der Waals surface area contributed by atoms with Crippen LogP contribution in [0.3, 0.4) is 0 Å². The van der Waals surface area contributed by atoms with Gasteiger partial charge in [0, 0.05) is 30.1 Å². The van der Waals surface area contributed by atoms with Crippen molar-refractivity contribution in [3.8, 4) is 17.2 Å². The molecule has 1 heterocycles. The van der Waals surface area contributed by atoms with E-state index in [1.165, 1.54) is 12.1 Å². The lowest BCUT2D eigenvalue weighted by Crippen LogP contribution is -2.43. The molecule has 1 aliphatic rings. The van der Waals surface area contributed by atoms with Crippen molar-refractivity contribution in [3.05, 3.63) is 47.5 Å². The maximum Gasteiger partial charge on any atom is 0.303 e. The monoisotopic (exact) mass is 458 g/mol. The van der Waals surface area contributed by atoms with Crippen molar-refractivity contribution in [1.29, 1.82) is 0 Å². The van der Waals surface area contributed by atoms with Gasteiger partial charge in [-0.05, 0) is 50.5 Å². The highest BCUT2D eigenvalue weighted by atomic mass is 16.5. The highest BCUT2D eigenvalue weighted by molar-refractivity contribution is 5.96. The second kappa shape index (κ2) is 10.5. The fraction of sp³-hybridized carbons (Fsp3) is 0.417. The number of anilines is 1. The van der Waals surface area contributed by atoms with Gasteiger partial charge in [-0.25, -0.2) is 0 Å². The first-order chi connectivity index (χ1) is 15.6. The van der Waals surface area contributed by atoms with Crippen molar-refractivity contribution in [2.75, 3.05) is 25.1 Å². The molecule has 178 valence electrons. The first-order valence-corrected chi connectivity index (χ1v) is 10.8. The van der Waals surface area contributed by atoms with Crippen molar-refractivity contribution in [2.24, 2.45) is 0 Å². The Morgan fingerprint density at radius 3 is 2.70 bits per heavy atom. The molecule has 0 saturated carbocycles. The number of aliphatic carboxylic acids is 1. The lowest BCUT2D eigenvalue weighted by Gasteiger charge is -2.29. The largest absolute Gasteiger partial charge is 0.508 e. The highest BCUT2D eigenvalue weighted by Crippen LogP contribution is 2.38. The summed E-state index contributed by atoms with van der Waals surface area (Å²) < 4.78 is 11.0. The van der Waals surface area contributed by atoms with Crippen molar-refractivity contribution in [2.45, 2.75) is 44.8 Å². The van der Waals surface area contributed by atoms with Gasteiger partial charge in [0.1, 0.15) is 17.2 Å². The number of phenolic OH excluding ortho intramolecular Hbond substituents is 1. The van der Waals surface area contributed by atoms with Crippen LogP contribution in [0.4, 0.5) is 5.69 Å². The molecule has 1 aliphatic heterocycles. The maximum absolute atomic E-state index is 11.5. The normalized spacial score (nSPS) is 14.1. The van der Waals surface area contributed by atoms with Crippen LogP contribution in [0, 0.1) is 0 Å². The summed E-state index contributed by atoms with van der Waals surface area (Å²) in [6.45, 7) is 4.46. The summed E-state index contributed by atoms with van der Waals surface area (Å²) in [7, 11) is 0. The maximum atomic E-state index is 11.5. The van der Waals surface area contributed by atoms with Crippen molar-refractivity contribution in [3.63, 3.8) is 0 Å². The zero-order chi connectivity index (χ0) is 24.0. The third-order valence-electron chi connectivity index (χ3n) is 5.23. The van der Waals surface area contributed by atoms with Crippen LogP contribution in [0.15, 0.2) is 36.4 Å². The number of ether oxygens (including phenoxy) is 2. The van der Waals surface area contributed by atoms with Gasteiger partial charge in [0.25, 0.3) is 5.91 Å². The molecule has 0 fully saturated rings. The van der Waals surface area contributed by atoms with E-state index in [0.29, 0.717) is 42.2 Å². The lowest BCUT2D eigenvalue weighted by molar-refractivity contribution is -0.137. The second-order valence-corrected chi connectivity index (χ2v) is 8.70. The van der Waals surface area contributed by atoms with Gasteiger partial charge in [-0.1, -0.05) is 12.1 Å². The molecular weight excluding hydrogens is 428 g/mol. The second-order valence-electron chi connectivity index (χ2n) is 8.70. The molecule has 0 radical (unpaired) electrons. The van der Waals surface area contributed by atoms with Crippen LogP contribution in [0.2, 0.25) is 0 Å². The summed E-state index contributed by atoms with van der Waals surface area (Å²) in [6.07, 6.45) is 0.261. The number of phenols is 1. The van der Waals surface area contributed by atoms with Crippen molar-refractivity contribution in [1.82, 2.24) is 5.32 Å². The molecule has 0 unspecified atom stereocenters. The molecule has 0 aromatic heterocycles. The van der Waals surface area contributed by atoms with Crippen LogP contribution in [0.5, 0.6) is 17.2 Å². The Morgan fingerprint density at radius 1 is 1.27 bits per heavy atom. The topological polar surface area (TPSA) is 137 Å². The number of aliphatic hydroxyl groups excluding tert-OH is 1. The molecular formula is C24H30N2O7. The van der Waals surface area contributed by atoms with Crippen LogP contribution < -0.4 is 20.1 Å². The number of β-amino-alcohol motifs (C(OH)–C–C–N with tert-alkyl or cyclic N) is 1. The quantitative estimate of drug-likeness (QED) is 0.324. The van der Waals surface area contributed by atoms with Gasteiger partial charge in [-0.3, -0.25) is 9.59 Å². The molecule has 0 aliphatic carbocycles. The minimum Gasteiger partial charge on any atom is -0.508 e. The molecule has 2 aromatic carbocycles. The Labute approximate surface area is 192 Å². The average molecular weight is 459 g/mol. The number of carboxylic acids is 1. The Balaban J connectivity index is 1.55. The number of rotatable bonds is 11. The number of carbonyl (C=O) groups excluding carboxylic acids is 1. The predicted octanol–water partition coefficient (Wildman–Crippen LogP) is 2.61. The molecule has 5 N–H and O–H groups in total. The van der Waals surface area contributed by atoms with E-state index in [2.05, 4.69) is 10.6 Å². The number of hydrogen-bond acceptors (Lipinski definition) is 7. The van der Waals surface area contributed by atoms with Gasteiger partial charge in [0.05, 0.1) is 18.4 Å². The number of aromatic hydroxyl groups is 1. The third kappa shape index (κ3) is 7.10. The minimum atomic E-state index is -0.957. The molecule has 3 rings (SSSR count). The molecule has 1 amide bonds. The van der Waals surface area contributed by atoms with Gasteiger partial charge in [0.15, 0.2) is 6.61 Å². The number of amides is 1. The number of fused-ring (bicyclic) bond motifs is 1. The molecule has 33 heavy (non-hydrogen) atoms. The highest BCUT2D eigenvalue weighted by Gasteiger charge is 2.26. The number of carboxylic acid groups (broad SMARTS) is 1. The Bertz CT molecular complexity index is 989.